The Hall–Kier alpha value is -2.40. The molecule has 0 saturated heterocycles. The average molecular weight is 340 g/mol. The first-order chi connectivity index (χ1) is 11.6. The second-order valence-electron chi connectivity index (χ2n) is 5.79. The molecule has 1 N–H and O–H groups in total. The summed E-state index contributed by atoms with van der Waals surface area (Å²) in [4.78, 5) is 18.0. The van der Waals surface area contributed by atoms with Gasteiger partial charge < -0.3 is 4.42 Å². The summed E-state index contributed by atoms with van der Waals surface area (Å²) in [6, 6.07) is 9.70. The lowest BCUT2D eigenvalue weighted by Gasteiger charge is -2.06. The molecular weight excluding hydrogens is 320 g/mol. The highest BCUT2D eigenvalue weighted by molar-refractivity contribution is 7.16. The Morgan fingerprint density at radius 3 is 2.79 bits per heavy atom. The highest BCUT2D eigenvalue weighted by Crippen LogP contribution is 2.34. The minimum absolute atomic E-state index is 0.274. The van der Waals surface area contributed by atoms with Crippen molar-refractivity contribution < 1.29 is 9.21 Å². The minimum atomic E-state index is -0.274. The highest BCUT2D eigenvalue weighted by atomic mass is 32.1. The number of hydrogen-bond acceptors (Lipinski definition) is 4. The fraction of sp³-hybridized carbons (Fsp3) is 0.263. The van der Waals surface area contributed by atoms with Gasteiger partial charge in [-0.25, -0.2) is 4.98 Å². The summed E-state index contributed by atoms with van der Waals surface area (Å²) in [6.45, 7) is 6.32. The van der Waals surface area contributed by atoms with Crippen LogP contribution < -0.4 is 5.32 Å². The molecule has 0 radical (unpaired) electrons. The minimum Gasteiger partial charge on any atom is -0.459 e. The monoisotopic (exact) mass is 340 g/mol. The maximum atomic E-state index is 12.2. The number of carbonyl (C=O) groups is 1. The van der Waals surface area contributed by atoms with E-state index in [4.69, 9.17) is 4.42 Å². The largest absolute Gasteiger partial charge is 0.459 e. The number of aryl methyl sites for hydroxylation is 3. The van der Waals surface area contributed by atoms with E-state index >= 15 is 0 Å². The van der Waals surface area contributed by atoms with Crippen molar-refractivity contribution in [3.8, 4) is 11.3 Å². The fourth-order valence-electron chi connectivity index (χ4n) is 2.66. The number of amides is 1. The van der Waals surface area contributed by atoms with Crippen LogP contribution in [0.25, 0.3) is 11.3 Å². The average Bonchev–Trinajstić information content (AvgIpc) is 3.18. The molecule has 0 aliphatic rings. The van der Waals surface area contributed by atoms with Crippen molar-refractivity contribution in [3.05, 3.63) is 58.4 Å². The molecule has 4 nitrogen and oxygen atoms in total. The van der Waals surface area contributed by atoms with Crippen LogP contribution in [0.4, 0.5) is 5.13 Å². The van der Waals surface area contributed by atoms with E-state index in [1.807, 2.05) is 0 Å². The molecule has 0 fully saturated rings. The Kier molecular flexibility index (Phi) is 4.81. The van der Waals surface area contributed by atoms with Crippen molar-refractivity contribution in [2.75, 3.05) is 5.32 Å². The van der Waals surface area contributed by atoms with Gasteiger partial charge in [0.2, 0.25) is 0 Å². The first-order valence-electron chi connectivity index (χ1n) is 8.00. The van der Waals surface area contributed by atoms with Crippen LogP contribution in [0.5, 0.6) is 0 Å². The summed E-state index contributed by atoms with van der Waals surface area (Å²) in [5, 5.41) is 3.45. The van der Waals surface area contributed by atoms with Gasteiger partial charge >= 0.3 is 0 Å². The van der Waals surface area contributed by atoms with Crippen molar-refractivity contribution in [1.29, 1.82) is 0 Å². The van der Waals surface area contributed by atoms with E-state index in [1.165, 1.54) is 33.6 Å². The molecule has 2 aromatic heterocycles. The topological polar surface area (TPSA) is 55.1 Å². The normalized spacial score (nSPS) is 10.8. The maximum Gasteiger partial charge on any atom is 0.293 e. The van der Waals surface area contributed by atoms with Crippen LogP contribution in [0.2, 0.25) is 0 Å². The Balaban J connectivity index is 1.94. The lowest BCUT2D eigenvalue weighted by atomic mass is 10.0. The first-order valence-corrected chi connectivity index (χ1v) is 8.82. The number of benzene rings is 1. The number of thiazole rings is 1. The number of rotatable bonds is 5. The fourth-order valence-corrected chi connectivity index (χ4v) is 3.73. The maximum absolute atomic E-state index is 12.2. The van der Waals surface area contributed by atoms with Gasteiger partial charge in [-0.15, -0.1) is 11.3 Å². The lowest BCUT2D eigenvalue weighted by molar-refractivity contribution is 0.0996. The van der Waals surface area contributed by atoms with E-state index in [0.29, 0.717) is 5.13 Å². The van der Waals surface area contributed by atoms with Gasteiger partial charge in [-0.2, -0.15) is 0 Å². The summed E-state index contributed by atoms with van der Waals surface area (Å²) < 4.78 is 5.13. The zero-order valence-electron chi connectivity index (χ0n) is 14.1. The predicted molar refractivity (Wildman–Crippen MR) is 97.7 cm³/mol. The van der Waals surface area contributed by atoms with Gasteiger partial charge in [0.25, 0.3) is 5.91 Å². The molecule has 0 saturated carbocycles. The second-order valence-corrected chi connectivity index (χ2v) is 6.87. The van der Waals surface area contributed by atoms with E-state index in [-0.39, 0.29) is 11.7 Å². The van der Waals surface area contributed by atoms with E-state index in [9.17, 15) is 4.79 Å². The molecule has 0 aliphatic heterocycles. The lowest BCUT2D eigenvalue weighted by Crippen LogP contribution is -2.10. The molecule has 5 heteroatoms. The quantitative estimate of drug-likeness (QED) is 0.692. The number of hydrogen-bond donors (Lipinski definition) is 1. The third-order valence-corrected chi connectivity index (χ3v) is 4.81. The number of carbonyl (C=O) groups excluding carboxylic acids is 1. The van der Waals surface area contributed by atoms with E-state index in [1.54, 1.807) is 12.1 Å². The standard InChI is InChI=1S/C19H20N2O2S/c1-4-6-16-17(14-9-8-12(2)11-13(14)3)20-19(24-16)21-18(22)15-7-5-10-23-15/h5,7-11H,4,6H2,1-3H3,(H,20,21,22). The van der Waals surface area contributed by atoms with E-state index < -0.39 is 0 Å². The van der Waals surface area contributed by atoms with Gasteiger partial charge in [0.15, 0.2) is 10.9 Å². The summed E-state index contributed by atoms with van der Waals surface area (Å²) in [7, 11) is 0. The first kappa shape index (κ1) is 16.5. The number of nitrogens with one attached hydrogen (secondary N) is 1. The molecule has 0 bridgehead atoms. The van der Waals surface area contributed by atoms with Crippen LogP contribution in [0.15, 0.2) is 41.0 Å². The molecule has 0 aliphatic carbocycles. The molecule has 0 unspecified atom stereocenters. The predicted octanol–water partition coefficient (Wildman–Crippen LogP) is 5.22. The molecule has 0 atom stereocenters. The zero-order valence-corrected chi connectivity index (χ0v) is 14.9. The molecule has 24 heavy (non-hydrogen) atoms. The smallest absolute Gasteiger partial charge is 0.293 e. The molecule has 0 spiro atoms. The van der Waals surface area contributed by atoms with Crippen LogP contribution in [-0.2, 0) is 6.42 Å². The Morgan fingerprint density at radius 2 is 2.12 bits per heavy atom. The van der Waals surface area contributed by atoms with Gasteiger partial charge in [-0.1, -0.05) is 37.1 Å². The summed E-state index contributed by atoms with van der Waals surface area (Å²) in [6.07, 6.45) is 3.46. The third kappa shape index (κ3) is 3.41. The SMILES string of the molecule is CCCc1sc(NC(=O)c2ccco2)nc1-c1ccc(C)cc1C. The van der Waals surface area contributed by atoms with Crippen molar-refractivity contribution in [1.82, 2.24) is 4.98 Å². The zero-order chi connectivity index (χ0) is 17.1. The van der Waals surface area contributed by atoms with Gasteiger partial charge in [0.1, 0.15) is 0 Å². The van der Waals surface area contributed by atoms with Crippen LogP contribution >= 0.6 is 11.3 Å². The van der Waals surface area contributed by atoms with Crippen LogP contribution in [0, 0.1) is 13.8 Å². The molecule has 1 aromatic carbocycles. The molecule has 2 heterocycles. The van der Waals surface area contributed by atoms with E-state index in [2.05, 4.69) is 49.3 Å². The molecule has 1 amide bonds. The molecule has 3 rings (SSSR count). The Bertz CT molecular complexity index is 850. The number of nitrogens with zero attached hydrogens (tertiary/aromatic N) is 1. The highest BCUT2D eigenvalue weighted by Gasteiger charge is 2.17. The van der Waals surface area contributed by atoms with Crippen LogP contribution in [-0.4, -0.2) is 10.9 Å². The Morgan fingerprint density at radius 1 is 1.29 bits per heavy atom. The molecular formula is C19H20N2O2S. The van der Waals surface area contributed by atoms with Gasteiger partial charge in [-0.05, 0) is 38.0 Å². The van der Waals surface area contributed by atoms with E-state index in [0.717, 1.165) is 24.1 Å². The summed E-state index contributed by atoms with van der Waals surface area (Å²) in [5.41, 5.74) is 4.52. The van der Waals surface area contributed by atoms with Gasteiger partial charge in [0.05, 0.1) is 12.0 Å². The van der Waals surface area contributed by atoms with Gasteiger partial charge in [-0.3, -0.25) is 10.1 Å². The van der Waals surface area contributed by atoms with Gasteiger partial charge in [0, 0.05) is 10.4 Å². The number of anilines is 1. The Labute approximate surface area is 145 Å². The van der Waals surface area contributed by atoms with Crippen molar-refractivity contribution >= 4 is 22.4 Å². The van der Waals surface area contributed by atoms with Crippen molar-refractivity contribution in [3.63, 3.8) is 0 Å². The van der Waals surface area contributed by atoms with Crippen LogP contribution in [0.3, 0.4) is 0 Å². The van der Waals surface area contributed by atoms with Crippen molar-refractivity contribution in [2.45, 2.75) is 33.6 Å². The summed E-state index contributed by atoms with van der Waals surface area (Å²) >= 11 is 1.53. The molecule has 3 aromatic rings. The third-order valence-electron chi connectivity index (χ3n) is 3.78. The second kappa shape index (κ2) is 7.01. The summed E-state index contributed by atoms with van der Waals surface area (Å²) in [5.74, 6) is 0.0132. The van der Waals surface area contributed by atoms with Crippen LogP contribution in [0.1, 0.15) is 39.9 Å². The number of aromatic nitrogens is 1. The van der Waals surface area contributed by atoms with Crippen molar-refractivity contribution in [2.24, 2.45) is 0 Å². The number of furan rings is 1. The molecule has 124 valence electrons.